The van der Waals surface area contributed by atoms with E-state index < -0.39 is 6.04 Å². The van der Waals surface area contributed by atoms with Gasteiger partial charge in [-0.2, -0.15) is 0 Å². The number of aromatic nitrogens is 1. The Kier molecular flexibility index (Phi) is 6.01. The minimum Gasteiger partial charge on any atom is -0.379 e. The molecule has 2 aromatic carbocycles. The molecule has 2 aliphatic heterocycles. The Balaban J connectivity index is 1.53. The number of carbonyl (C=O) groups is 2. The number of fused-ring (bicyclic) bond motifs is 4. The van der Waals surface area contributed by atoms with Crippen molar-refractivity contribution in [2.45, 2.75) is 44.9 Å². The molecule has 2 atom stereocenters. The van der Waals surface area contributed by atoms with Crippen LogP contribution in [0.5, 0.6) is 0 Å². The fourth-order valence-corrected chi connectivity index (χ4v) is 5.53. The molecular weight excluding hydrogens is 482 g/mol. The summed E-state index contributed by atoms with van der Waals surface area (Å²) in [5, 5.41) is 1.12. The number of amides is 2. The average molecular weight is 510 g/mol. The molecule has 7 heteroatoms. The third kappa shape index (κ3) is 4.08. The van der Waals surface area contributed by atoms with Gasteiger partial charge in [0.2, 0.25) is 11.8 Å². The molecule has 6 nitrogen and oxygen atoms in total. The quantitative estimate of drug-likeness (QED) is 0.499. The molecule has 1 aromatic heterocycles. The van der Waals surface area contributed by atoms with Crippen LogP contribution in [0.3, 0.4) is 0 Å². The first-order valence-corrected chi connectivity index (χ1v) is 12.3. The van der Waals surface area contributed by atoms with Crippen LogP contribution in [0.1, 0.15) is 43.1 Å². The van der Waals surface area contributed by atoms with Crippen molar-refractivity contribution in [1.29, 1.82) is 0 Å². The van der Waals surface area contributed by atoms with E-state index in [1.807, 2.05) is 55.1 Å². The molecule has 0 bridgehead atoms. The summed E-state index contributed by atoms with van der Waals surface area (Å²) in [5.74, 6) is 0.00809. The molecule has 0 radical (unpaired) electrons. The Bertz CT molecular complexity index is 1200. The molecule has 172 valence electrons. The molecule has 2 aliphatic rings. The molecule has 2 amide bonds. The number of carbonyl (C=O) groups excluding carboxylic acids is 2. The lowest BCUT2D eigenvalue weighted by Crippen LogP contribution is -2.63. The van der Waals surface area contributed by atoms with Gasteiger partial charge in [0, 0.05) is 40.6 Å². The zero-order chi connectivity index (χ0) is 23.1. The lowest BCUT2D eigenvalue weighted by molar-refractivity contribution is -0.158. The number of H-pyrrole nitrogens is 1. The number of benzene rings is 2. The molecule has 1 fully saturated rings. The van der Waals surface area contributed by atoms with E-state index in [1.165, 1.54) is 0 Å². The van der Waals surface area contributed by atoms with Crippen molar-refractivity contribution in [1.82, 2.24) is 14.8 Å². The van der Waals surface area contributed by atoms with Crippen LogP contribution in [0.2, 0.25) is 0 Å². The minimum atomic E-state index is -0.507. The van der Waals surface area contributed by atoms with Gasteiger partial charge in [-0.3, -0.25) is 9.59 Å². The molecule has 0 aliphatic carbocycles. The highest BCUT2D eigenvalue weighted by atomic mass is 79.9. The largest absolute Gasteiger partial charge is 0.379 e. The summed E-state index contributed by atoms with van der Waals surface area (Å²) in [5.41, 5.74) is 4.15. The zero-order valence-corrected chi connectivity index (χ0v) is 20.5. The number of piperazine rings is 1. The standard InChI is InChI=1S/C26H28BrN3O3/c1-16(2)33-12-6-11-29-15-23(31)30-22(26(29)32)14-20-19-9-3-4-10-21(19)28-24(20)25(30)17-7-5-8-18(27)13-17/h3-5,7-10,13,16,22,25,28H,6,11-12,14-15H2,1-2H3/t22-,25?/m0/s1. The molecule has 0 spiro atoms. The highest BCUT2D eigenvalue weighted by Gasteiger charge is 2.48. The zero-order valence-electron chi connectivity index (χ0n) is 18.9. The van der Waals surface area contributed by atoms with E-state index in [4.69, 9.17) is 4.74 Å². The number of nitrogens with zero attached hydrogens (tertiary/aromatic N) is 2. The maximum Gasteiger partial charge on any atom is 0.246 e. The summed E-state index contributed by atoms with van der Waals surface area (Å²) in [4.78, 5) is 34.2. The Hall–Kier alpha value is -2.64. The smallest absolute Gasteiger partial charge is 0.246 e. The van der Waals surface area contributed by atoms with Crippen LogP contribution >= 0.6 is 15.9 Å². The van der Waals surface area contributed by atoms with E-state index in [1.54, 1.807) is 4.90 Å². The predicted molar refractivity (Wildman–Crippen MR) is 131 cm³/mol. The van der Waals surface area contributed by atoms with Crippen molar-refractivity contribution < 1.29 is 14.3 Å². The maximum absolute atomic E-state index is 13.6. The summed E-state index contributed by atoms with van der Waals surface area (Å²) in [6, 6.07) is 15.3. The Morgan fingerprint density at radius 2 is 1.97 bits per heavy atom. The van der Waals surface area contributed by atoms with Gasteiger partial charge in [0.15, 0.2) is 0 Å². The number of rotatable bonds is 6. The van der Waals surface area contributed by atoms with E-state index in [0.717, 1.165) is 38.6 Å². The van der Waals surface area contributed by atoms with Crippen molar-refractivity contribution in [3.63, 3.8) is 0 Å². The molecule has 1 saturated heterocycles. The minimum absolute atomic E-state index is 0.0151. The fraction of sp³-hybridized carbons (Fsp3) is 0.385. The van der Waals surface area contributed by atoms with E-state index >= 15 is 0 Å². The van der Waals surface area contributed by atoms with Gasteiger partial charge in [-0.05, 0) is 49.6 Å². The molecule has 5 rings (SSSR count). The van der Waals surface area contributed by atoms with Crippen molar-refractivity contribution in [3.8, 4) is 0 Å². The number of para-hydroxylation sites is 1. The number of hydrogen-bond acceptors (Lipinski definition) is 3. The van der Waals surface area contributed by atoms with Crippen LogP contribution < -0.4 is 0 Å². The van der Waals surface area contributed by atoms with E-state index in [9.17, 15) is 9.59 Å². The second-order valence-electron chi connectivity index (χ2n) is 9.07. The van der Waals surface area contributed by atoms with Crippen LogP contribution in [0.15, 0.2) is 53.0 Å². The van der Waals surface area contributed by atoms with E-state index in [-0.39, 0.29) is 30.5 Å². The second-order valence-corrected chi connectivity index (χ2v) is 9.99. The molecule has 1 N–H and O–H groups in total. The predicted octanol–water partition coefficient (Wildman–Crippen LogP) is 4.43. The number of halogens is 1. The van der Waals surface area contributed by atoms with Crippen molar-refractivity contribution in [2.75, 3.05) is 19.7 Å². The molecule has 1 unspecified atom stereocenters. The van der Waals surface area contributed by atoms with Crippen molar-refractivity contribution in [3.05, 3.63) is 69.8 Å². The number of ether oxygens (including phenoxy) is 1. The summed E-state index contributed by atoms with van der Waals surface area (Å²) in [6.45, 7) is 5.21. The highest BCUT2D eigenvalue weighted by molar-refractivity contribution is 9.10. The molecule has 3 aromatic rings. The van der Waals surface area contributed by atoms with Gasteiger partial charge in [-0.1, -0.05) is 46.3 Å². The third-order valence-electron chi connectivity index (χ3n) is 6.53. The van der Waals surface area contributed by atoms with E-state index in [0.29, 0.717) is 19.6 Å². The summed E-state index contributed by atoms with van der Waals surface area (Å²) >= 11 is 3.57. The van der Waals surface area contributed by atoms with Gasteiger partial charge < -0.3 is 19.5 Å². The highest BCUT2D eigenvalue weighted by Crippen LogP contribution is 2.42. The second kappa shape index (κ2) is 8.95. The Labute approximate surface area is 202 Å². The summed E-state index contributed by atoms with van der Waals surface area (Å²) in [6.07, 6.45) is 1.40. The van der Waals surface area contributed by atoms with Gasteiger partial charge in [0.1, 0.15) is 6.04 Å². The van der Waals surface area contributed by atoms with E-state index in [2.05, 4.69) is 33.0 Å². The van der Waals surface area contributed by atoms with Crippen LogP contribution in [-0.4, -0.2) is 58.4 Å². The van der Waals surface area contributed by atoms with Gasteiger partial charge in [-0.25, -0.2) is 0 Å². The van der Waals surface area contributed by atoms with Crippen molar-refractivity contribution in [2.24, 2.45) is 0 Å². The van der Waals surface area contributed by atoms with Gasteiger partial charge in [-0.15, -0.1) is 0 Å². The lowest BCUT2D eigenvalue weighted by Gasteiger charge is -2.47. The number of aromatic amines is 1. The SMILES string of the molecule is CC(C)OCCCN1CC(=O)N2C(c3cccc(Br)c3)c3[nH]c4ccccc4c3C[C@H]2C1=O. The molecule has 33 heavy (non-hydrogen) atoms. The lowest BCUT2D eigenvalue weighted by atomic mass is 9.86. The number of nitrogens with one attached hydrogen (secondary N) is 1. The van der Waals surface area contributed by atoms with Crippen LogP contribution in [0, 0.1) is 0 Å². The first kappa shape index (κ1) is 22.2. The fourth-order valence-electron chi connectivity index (χ4n) is 5.11. The third-order valence-corrected chi connectivity index (χ3v) is 7.02. The summed E-state index contributed by atoms with van der Waals surface area (Å²) < 4.78 is 6.58. The normalized spacial score (nSPS) is 20.5. The maximum atomic E-state index is 13.6. The Morgan fingerprint density at radius 3 is 2.76 bits per heavy atom. The average Bonchev–Trinajstić information content (AvgIpc) is 3.16. The first-order valence-electron chi connectivity index (χ1n) is 11.5. The van der Waals surface area contributed by atoms with Gasteiger partial charge >= 0.3 is 0 Å². The first-order chi connectivity index (χ1) is 15.9. The molecule has 3 heterocycles. The van der Waals surface area contributed by atoms with Crippen LogP contribution in [0.4, 0.5) is 0 Å². The Morgan fingerprint density at radius 1 is 1.15 bits per heavy atom. The van der Waals surface area contributed by atoms with Crippen molar-refractivity contribution >= 4 is 38.6 Å². The number of hydrogen-bond donors (Lipinski definition) is 1. The summed E-state index contributed by atoms with van der Waals surface area (Å²) in [7, 11) is 0. The monoisotopic (exact) mass is 509 g/mol. The van der Waals surface area contributed by atoms with Crippen LogP contribution in [-0.2, 0) is 20.7 Å². The molecule has 0 saturated carbocycles. The van der Waals surface area contributed by atoms with Gasteiger partial charge in [0.25, 0.3) is 0 Å². The topological polar surface area (TPSA) is 65.6 Å². The van der Waals surface area contributed by atoms with Gasteiger partial charge in [0.05, 0.1) is 18.7 Å². The molecular formula is C26H28BrN3O3. The van der Waals surface area contributed by atoms with Crippen LogP contribution in [0.25, 0.3) is 10.9 Å².